The maximum absolute atomic E-state index is 11.9. The molecule has 0 aromatic carbocycles. The third-order valence-electron chi connectivity index (χ3n) is 3.14. The lowest BCUT2D eigenvalue weighted by molar-refractivity contribution is -0.179. The van der Waals surface area contributed by atoms with Crippen molar-refractivity contribution in [1.29, 1.82) is 0 Å². The smallest absolute Gasteiger partial charge is 0.173 e. The van der Waals surface area contributed by atoms with Crippen molar-refractivity contribution in [3.8, 4) is 0 Å². The van der Waals surface area contributed by atoms with Crippen LogP contribution in [0.2, 0.25) is 0 Å². The Balaban J connectivity index is 2.37. The number of Topliss-reactive ketones (excluding diaryl/α,β-unsaturated/α-hetero) is 1. The minimum absolute atomic E-state index is 0.0410. The molecular formula is C10H14O3. The summed E-state index contributed by atoms with van der Waals surface area (Å²) in [5.41, 5.74) is -0.789. The van der Waals surface area contributed by atoms with Gasteiger partial charge in [0.15, 0.2) is 11.4 Å². The summed E-state index contributed by atoms with van der Waals surface area (Å²) >= 11 is 0. The Morgan fingerprint density at radius 2 is 2.23 bits per heavy atom. The predicted molar refractivity (Wildman–Crippen MR) is 47.4 cm³/mol. The summed E-state index contributed by atoms with van der Waals surface area (Å²) in [5.74, 6) is 0.0428. The Morgan fingerprint density at radius 3 is 2.85 bits per heavy atom. The Bertz CT molecular complexity index is 271. The second-order valence-corrected chi connectivity index (χ2v) is 3.87. The fourth-order valence-electron chi connectivity index (χ4n) is 2.03. The molecule has 4 atom stereocenters. The molecule has 0 amide bonds. The number of ether oxygens (including phenoxy) is 2. The molecule has 2 aliphatic rings. The van der Waals surface area contributed by atoms with Crippen LogP contribution >= 0.6 is 0 Å². The zero-order chi connectivity index (χ0) is 9.64. The van der Waals surface area contributed by atoms with Gasteiger partial charge in [0.2, 0.25) is 0 Å². The molecule has 1 saturated heterocycles. The van der Waals surface area contributed by atoms with Crippen molar-refractivity contribution in [3.63, 3.8) is 0 Å². The van der Waals surface area contributed by atoms with Gasteiger partial charge < -0.3 is 9.47 Å². The van der Waals surface area contributed by atoms with Crippen LogP contribution in [0.3, 0.4) is 0 Å². The van der Waals surface area contributed by atoms with Crippen molar-refractivity contribution in [2.75, 3.05) is 7.11 Å². The van der Waals surface area contributed by atoms with Crippen LogP contribution in [0.1, 0.15) is 13.8 Å². The standard InChI is InChI=1S/C10H14O3/c1-6-7-4-5-8(13-7)10(2,12-3)9(6)11/h4-8H,1-3H3/t6-,7-,8+,10-/m0/s1. The van der Waals surface area contributed by atoms with Crippen LogP contribution in [0.15, 0.2) is 12.2 Å². The fraction of sp³-hybridized carbons (Fsp3) is 0.700. The van der Waals surface area contributed by atoms with Gasteiger partial charge in [-0.05, 0) is 6.92 Å². The molecule has 0 saturated carbocycles. The Kier molecular flexibility index (Phi) is 1.82. The van der Waals surface area contributed by atoms with Crippen LogP contribution in [0.4, 0.5) is 0 Å². The van der Waals surface area contributed by atoms with Gasteiger partial charge in [0.1, 0.15) is 6.10 Å². The molecule has 2 rings (SSSR count). The van der Waals surface area contributed by atoms with Crippen LogP contribution in [-0.4, -0.2) is 30.7 Å². The van der Waals surface area contributed by atoms with Crippen LogP contribution < -0.4 is 0 Å². The lowest BCUT2D eigenvalue weighted by atomic mass is 9.84. The zero-order valence-electron chi connectivity index (χ0n) is 8.11. The lowest BCUT2D eigenvalue weighted by Gasteiger charge is -2.39. The Morgan fingerprint density at radius 1 is 1.54 bits per heavy atom. The molecule has 0 aromatic heterocycles. The molecule has 0 unspecified atom stereocenters. The number of carbonyl (C=O) groups excluding carboxylic acids is 1. The molecule has 1 fully saturated rings. The van der Waals surface area contributed by atoms with E-state index in [-0.39, 0.29) is 23.9 Å². The molecule has 2 heterocycles. The van der Waals surface area contributed by atoms with E-state index in [1.807, 2.05) is 19.1 Å². The highest BCUT2D eigenvalue weighted by Gasteiger charge is 2.52. The van der Waals surface area contributed by atoms with E-state index in [1.54, 1.807) is 14.0 Å². The van der Waals surface area contributed by atoms with Crippen LogP contribution in [0, 0.1) is 5.92 Å². The number of fused-ring (bicyclic) bond motifs is 2. The van der Waals surface area contributed by atoms with Crippen LogP contribution in [0.25, 0.3) is 0 Å². The molecule has 13 heavy (non-hydrogen) atoms. The fourth-order valence-corrected chi connectivity index (χ4v) is 2.03. The highest BCUT2D eigenvalue weighted by Crippen LogP contribution is 2.37. The second kappa shape index (κ2) is 2.66. The zero-order valence-corrected chi connectivity index (χ0v) is 8.11. The summed E-state index contributed by atoms with van der Waals surface area (Å²) in [4.78, 5) is 11.9. The van der Waals surface area contributed by atoms with Gasteiger partial charge in [-0.15, -0.1) is 0 Å². The average Bonchev–Trinajstić information content (AvgIpc) is 2.59. The van der Waals surface area contributed by atoms with Gasteiger partial charge >= 0.3 is 0 Å². The first-order chi connectivity index (χ1) is 6.09. The largest absolute Gasteiger partial charge is 0.368 e. The summed E-state index contributed by atoms with van der Waals surface area (Å²) in [6.45, 7) is 3.68. The van der Waals surface area contributed by atoms with Gasteiger partial charge in [0.05, 0.1) is 6.10 Å². The van der Waals surface area contributed by atoms with E-state index in [0.717, 1.165) is 0 Å². The molecule has 0 aliphatic carbocycles. The molecule has 0 N–H and O–H groups in total. The van der Waals surface area contributed by atoms with E-state index in [9.17, 15) is 4.79 Å². The van der Waals surface area contributed by atoms with Crippen molar-refractivity contribution in [2.45, 2.75) is 31.7 Å². The molecule has 2 aliphatic heterocycles. The normalized spacial score (nSPS) is 48.5. The van der Waals surface area contributed by atoms with Crippen molar-refractivity contribution < 1.29 is 14.3 Å². The molecule has 0 spiro atoms. The van der Waals surface area contributed by atoms with Gasteiger partial charge in [0, 0.05) is 13.0 Å². The average molecular weight is 182 g/mol. The summed E-state index contributed by atoms with van der Waals surface area (Å²) < 4.78 is 10.9. The van der Waals surface area contributed by atoms with Gasteiger partial charge in [0.25, 0.3) is 0 Å². The number of ketones is 1. The van der Waals surface area contributed by atoms with Crippen LogP contribution in [0.5, 0.6) is 0 Å². The van der Waals surface area contributed by atoms with E-state index in [2.05, 4.69) is 0 Å². The van der Waals surface area contributed by atoms with Gasteiger partial charge in [-0.1, -0.05) is 19.1 Å². The number of carbonyl (C=O) groups is 1. The minimum Gasteiger partial charge on any atom is -0.368 e. The van der Waals surface area contributed by atoms with Crippen molar-refractivity contribution in [3.05, 3.63) is 12.2 Å². The molecule has 0 radical (unpaired) electrons. The highest BCUT2D eigenvalue weighted by molar-refractivity contribution is 5.91. The number of methoxy groups -OCH3 is 1. The quantitative estimate of drug-likeness (QED) is 0.566. The van der Waals surface area contributed by atoms with Gasteiger partial charge in [-0.2, -0.15) is 0 Å². The molecule has 3 nitrogen and oxygen atoms in total. The summed E-state index contributed by atoms with van der Waals surface area (Å²) in [6.07, 6.45) is 3.64. The van der Waals surface area contributed by atoms with Crippen molar-refractivity contribution >= 4 is 5.78 Å². The third-order valence-corrected chi connectivity index (χ3v) is 3.14. The first-order valence-corrected chi connectivity index (χ1v) is 4.53. The Labute approximate surface area is 77.7 Å². The molecular weight excluding hydrogens is 168 g/mol. The van der Waals surface area contributed by atoms with E-state index in [4.69, 9.17) is 9.47 Å². The molecule has 72 valence electrons. The van der Waals surface area contributed by atoms with Gasteiger partial charge in [-0.3, -0.25) is 4.79 Å². The summed E-state index contributed by atoms with van der Waals surface area (Å²) in [6, 6.07) is 0. The van der Waals surface area contributed by atoms with E-state index in [0.29, 0.717) is 0 Å². The molecule has 0 aromatic rings. The monoisotopic (exact) mass is 182 g/mol. The maximum atomic E-state index is 11.9. The number of rotatable bonds is 1. The predicted octanol–water partition coefficient (Wildman–Crippen LogP) is 0.934. The van der Waals surface area contributed by atoms with E-state index >= 15 is 0 Å². The second-order valence-electron chi connectivity index (χ2n) is 3.87. The van der Waals surface area contributed by atoms with Crippen LogP contribution in [-0.2, 0) is 14.3 Å². The van der Waals surface area contributed by atoms with Crippen molar-refractivity contribution in [1.82, 2.24) is 0 Å². The minimum atomic E-state index is -0.789. The number of hydrogen-bond donors (Lipinski definition) is 0. The van der Waals surface area contributed by atoms with Gasteiger partial charge in [-0.25, -0.2) is 0 Å². The Hall–Kier alpha value is -0.670. The first-order valence-electron chi connectivity index (χ1n) is 4.53. The first kappa shape index (κ1) is 8.91. The molecule has 2 bridgehead atoms. The lowest BCUT2D eigenvalue weighted by Crippen LogP contribution is -2.56. The maximum Gasteiger partial charge on any atom is 0.173 e. The SMILES string of the molecule is CO[C@]1(C)C(=O)[C@@H](C)[C@@H]2C=C[C@H]1O2. The van der Waals surface area contributed by atoms with E-state index in [1.165, 1.54) is 0 Å². The summed E-state index contributed by atoms with van der Waals surface area (Å²) in [5, 5.41) is 0. The van der Waals surface area contributed by atoms with E-state index < -0.39 is 5.60 Å². The molecule has 3 heteroatoms. The highest BCUT2D eigenvalue weighted by atomic mass is 16.6. The summed E-state index contributed by atoms with van der Waals surface area (Å²) in [7, 11) is 1.56. The van der Waals surface area contributed by atoms with Crippen molar-refractivity contribution in [2.24, 2.45) is 5.92 Å². The number of hydrogen-bond acceptors (Lipinski definition) is 3. The topological polar surface area (TPSA) is 35.5 Å². The third kappa shape index (κ3) is 1.00.